The lowest BCUT2D eigenvalue weighted by Gasteiger charge is -2.11. The van der Waals surface area contributed by atoms with Gasteiger partial charge in [-0.2, -0.15) is 0 Å². The number of benzene rings is 3. The maximum absolute atomic E-state index is 12.4. The number of aromatic nitrogens is 1. The third-order valence-electron chi connectivity index (χ3n) is 4.32. The normalized spacial score (nSPS) is 10.7. The van der Waals surface area contributed by atoms with Gasteiger partial charge in [0.1, 0.15) is 0 Å². The highest BCUT2D eigenvalue weighted by atomic mass is 35.5. The van der Waals surface area contributed by atoms with Crippen molar-refractivity contribution in [2.24, 2.45) is 0 Å². The van der Waals surface area contributed by atoms with Gasteiger partial charge < -0.3 is 15.6 Å². The van der Waals surface area contributed by atoms with Gasteiger partial charge in [0.2, 0.25) is 0 Å². The van der Waals surface area contributed by atoms with Crippen LogP contribution in [0.4, 0.5) is 16.2 Å². The number of para-hydroxylation sites is 1. The Kier molecular flexibility index (Phi) is 4.57. The molecule has 0 radical (unpaired) electrons. The van der Waals surface area contributed by atoms with Crippen molar-refractivity contribution < 1.29 is 4.79 Å². The van der Waals surface area contributed by atoms with Gasteiger partial charge in [0, 0.05) is 28.2 Å². The predicted molar refractivity (Wildman–Crippen MR) is 113 cm³/mol. The molecule has 5 heteroatoms. The van der Waals surface area contributed by atoms with Gasteiger partial charge in [-0.05, 0) is 59.8 Å². The molecule has 0 spiro atoms. The van der Waals surface area contributed by atoms with E-state index in [1.807, 2.05) is 37.4 Å². The average Bonchev–Trinajstić information content (AvgIpc) is 3.09. The number of aryl methyl sites for hydroxylation is 1. The Morgan fingerprint density at radius 3 is 2.59 bits per heavy atom. The Morgan fingerprint density at radius 2 is 1.74 bits per heavy atom. The van der Waals surface area contributed by atoms with Crippen molar-refractivity contribution in [2.45, 2.75) is 6.92 Å². The minimum atomic E-state index is -0.313. The number of urea groups is 1. The molecule has 0 atom stereocenters. The van der Waals surface area contributed by atoms with Crippen LogP contribution >= 0.6 is 11.6 Å². The van der Waals surface area contributed by atoms with Crippen LogP contribution in [0.25, 0.3) is 22.0 Å². The molecule has 0 aliphatic heterocycles. The minimum Gasteiger partial charge on any atom is -0.361 e. The van der Waals surface area contributed by atoms with Gasteiger partial charge in [-0.1, -0.05) is 41.9 Å². The van der Waals surface area contributed by atoms with Crippen molar-refractivity contribution in [1.82, 2.24) is 4.98 Å². The van der Waals surface area contributed by atoms with E-state index >= 15 is 0 Å². The van der Waals surface area contributed by atoms with Gasteiger partial charge in [-0.15, -0.1) is 0 Å². The smallest absolute Gasteiger partial charge is 0.323 e. The quantitative estimate of drug-likeness (QED) is 0.379. The maximum Gasteiger partial charge on any atom is 0.323 e. The number of hydrogen-bond donors (Lipinski definition) is 3. The number of rotatable bonds is 3. The monoisotopic (exact) mass is 375 g/mol. The lowest BCUT2D eigenvalue weighted by molar-refractivity contribution is 0.262. The predicted octanol–water partition coefficient (Wildman–Crippen LogP) is 6.44. The second kappa shape index (κ2) is 7.17. The van der Waals surface area contributed by atoms with Gasteiger partial charge in [0.05, 0.1) is 5.52 Å². The molecular formula is C22H18ClN3O. The Bertz CT molecular complexity index is 1130. The SMILES string of the molecule is Cc1cc(NC(=O)Nc2cccc(Cl)c2)cc(-c2cccc3cc[nH]c23)c1. The highest BCUT2D eigenvalue weighted by Crippen LogP contribution is 2.30. The van der Waals surface area contributed by atoms with E-state index in [-0.39, 0.29) is 6.03 Å². The number of hydrogen-bond acceptors (Lipinski definition) is 1. The Labute approximate surface area is 162 Å². The molecule has 0 unspecified atom stereocenters. The highest BCUT2D eigenvalue weighted by Gasteiger charge is 2.09. The summed E-state index contributed by atoms with van der Waals surface area (Å²) < 4.78 is 0. The lowest BCUT2D eigenvalue weighted by atomic mass is 10.0. The van der Waals surface area contributed by atoms with Crippen molar-refractivity contribution in [3.05, 3.63) is 83.5 Å². The van der Waals surface area contributed by atoms with Crippen LogP contribution in [-0.4, -0.2) is 11.0 Å². The lowest BCUT2D eigenvalue weighted by Crippen LogP contribution is -2.19. The summed E-state index contributed by atoms with van der Waals surface area (Å²) in [6.07, 6.45) is 1.93. The van der Waals surface area contributed by atoms with Gasteiger partial charge >= 0.3 is 6.03 Å². The highest BCUT2D eigenvalue weighted by molar-refractivity contribution is 6.30. The Morgan fingerprint density at radius 1 is 0.926 bits per heavy atom. The largest absolute Gasteiger partial charge is 0.361 e. The first kappa shape index (κ1) is 17.2. The van der Waals surface area contributed by atoms with Crippen molar-refractivity contribution >= 4 is 39.9 Å². The number of fused-ring (bicyclic) bond motifs is 1. The molecule has 0 aliphatic carbocycles. The molecule has 4 rings (SSSR count). The fraction of sp³-hybridized carbons (Fsp3) is 0.0455. The van der Waals surface area contributed by atoms with Crippen molar-refractivity contribution in [2.75, 3.05) is 10.6 Å². The van der Waals surface area contributed by atoms with Crippen LogP contribution in [0.2, 0.25) is 5.02 Å². The first-order chi connectivity index (χ1) is 13.1. The zero-order chi connectivity index (χ0) is 18.8. The number of carbonyl (C=O) groups excluding carboxylic acids is 1. The summed E-state index contributed by atoms with van der Waals surface area (Å²) >= 11 is 5.96. The zero-order valence-corrected chi connectivity index (χ0v) is 15.5. The second-order valence-electron chi connectivity index (χ2n) is 6.42. The van der Waals surface area contributed by atoms with E-state index in [9.17, 15) is 4.79 Å². The number of anilines is 2. The molecule has 0 saturated carbocycles. The summed E-state index contributed by atoms with van der Waals surface area (Å²) in [5, 5.41) is 7.42. The molecule has 27 heavy (non-hydrogen) atoms. The molecule has 3 aromatic carbocycles. The minimum absolute atomic E-state index is 0.313. The molecule has 0 saturated heterocycles. The summed E-state index contributed by atoms with van der Waals surface area (Å²) in [6, 6.07) is 21.0. The molecule has 0 fully saturated rings. The summed E-state index contributed by atoms with van der Waals surface area (Å²) in [5.74, 6) is 0. The van der Waals surface area contributed by atoms with Gasteiger partial charge in [-0.3, -0.25) is 0 Å². The van der Waals surface area contributed by atoms with E-state index in [4.69, 9.17) is 11.6 Å². The van der Waals surface area contributed by atoms with Crippen LogP contribution < -0.4 is 10.6 Å². The van der Waals surface area contributed by atoms with E-state index in [0.29, 0.717) is 10.7 Å². The molecule has 2 amide bonds. The topological polar surface area (TPSA) is 56.9 Å². The van der Waals surface area contributed by atoms with E-state index in [2.05, 4.69) is 33.8 Å². The molecule has 1 aromatic heterocycles. The van der Waals surface area contributed by atoms with Gasteiger partial charge in [-0.25, -0.2) is 4.79 Å². The summed E-state index contributed by atoms with van der Waals surface area (Å²) in [6.45, 7) is 2.01. The third kappa shape index (κ3) is 3.81. The molecular weight excluding hydrogens is 358 g/mol. The van der Waals surface area contributed by atoms with Gasteiger partial charge in [0.25, 0.3) is 0 Å². The first-order valence-corrected chi connectivity index (χ1v) is 8.98. The van der Waals surface area contributed by atoms with Crippen LogP contribution in [0.15, 0.2) is 72.9 Å². The molecule has 0 aliphatic rings. The second-order valence-corrected chi connectivity index (χ2v) is 6.86. The fourth-order valence-electron chi connectivity index (χ4n) is 3.20. The molecule has 4 nitrogen and oxygen atoms in total. The van der Waals surface area contributed by atoms with E-state index in [0.717, 1.165) is 33.3 Å². The van der Waals surface area contributed by atoms with E-state index < -0.39 is 0 Å². The number of nitrogens with one attached hydrogen (secondary N) is 3. The average molecular weight is 376 g/mol. The Balaban J connectivity index is 1.61. The molecule has 1 heterocycles. The standard InChI is InChI=1S/C22H18ClN3O/c1-14-10-16(20-7-2-4-15-8-9-24-21(15)20)12-19(11-14)26-22(27)25-18-6-3-5-17(23)13-18/h2-13,24H,1H3,(H2,25,26,27). The van der Waals surface area contributed by atoms with E-state index in [1.165, 1.54) is 0 Å². The first-order valence-electron chi connectivity index (χ1n) is 8.60. The molecule has 134 valence electrons. The number of halogens is 1. The number of aromatic amines is 1. The number of carbonyl (C=O) groups is 1. The van der Waals surface area contributed by atoms with Crippen LogP contribution in [0.3, 0.4) is 0 Å². The zero-order valence-electron chi connectivity index (χ0n) is 14.7. The Hall–Kier alpha value is -3.24. The molecule has 4 aromatic rings. The fourth-order valence-corrected chi connectivity index (χ4v) is 3.39. The van der Waals surface area contributed by atoms with Crippen LogP contribution in [0.5, 0.6) is 0 Å². The van der Waals surface area contributed by atoms with Gasteiger partial charge in [0.15, 0.2) is 0 Å². The number of H-pyrrole nitrogens is 1. The third-order valence-corrected chi connectivity index (χ3v) is 4.55. The van der Waals surface area contributed by atoms with Crippen LogP contribution in [0, 0.1) is 6.92 Å². The van der Waals surface area contributed by atoms with Crippen molar-refractivity contribution in [3.8, 4) is 11.1 Å². The summed E-state index contributed by atoms with van der Waals surface area (Å²) in [4.78, 5) is 15.6. The summed E-state index contributed by atoms with van der Waals surface area (Å²) in [5.41, 5.74) is 5.66. The van der Waals surface area contributed by atoms with Crippen LogP contribution in [0.1, 0.15) is 5.56 Å². The summed E-state index contributed by atoms with van der Waals surface area (Å²) in [7, 11) is 0. The van der Waals surface area contributed by atoms with Crippen molar-refractivity contribution in [1.29, 1.82) is 0 Å². The van der Waals surface area contributed by atoms with E-state index in [1.54, 1.807) is 24.3 Å². The maximum atomic E-state index is 12.4. The molecule has 0 bridgehead atoms. The molecule has 3 N–H and O–H groups in total. The number of amides is 2. The van der Waals surface area contributed by atoms with Crippen LogP contribution in [-0.2, 0) is 0 Å². The van der Waals surface area contributed by atoms with Crippen molar-refractivity contribution in [3.63, 3.8) is 0 Å².